The summed E-state index contributed by atoms with van der Waals surface area (Å²) in [5.74, 6) is 2.71. The van der Waals surface area contributed by atoms with Crippen LogP contribution in [-0.2, 0) is 0 Å². The largest absolute Gasteiger partial charge is 0.327 e. The van der Waals surface area contributed by atoms with Crippen molar-refractivity contribution in [2.45, 2.75) is 57.2 Å². The van der Waals surface area contributed by atoms with E-state index < -0.39 is 0 Å². The van der Waals surface area contributed by atoms with Crippen LogP contribution in [0, 0.1) is 0 Å². The van der Waals surface area contributed by atoms with E-state index in [1.807, 2.05) is 0 Å². The minimum absolute atomic E-state index is 0.347. The molecule has 2 heterocycles. The highest BCUT2D eigenvalue weighted by Crippen LogP contribution is 2.28. The minimum atomic E-state index is 0.347. The van der Waals surface area contributed by atoms with Crippen molar-refractivity contribution in [2.24, 2.45) is 5.73 Å². The monoisotopic (exact) mass is 228 g/mol. The molecule has 2 rings (SSSR count). The first kappa shape index (κ1) is 11.7. The Hall–Kier alpha value is 0.270. The average molecular weight is 228 g/mol. The highest BCUT2D eigenvalue weighted by Gasteiger charge is 2.31. The number of piperidine rings is 1. The summed E-state index contributed by atoms with van der Waals surface area (Å²) in [6.45, 7) is 3.47. The first-order chi connectivity index (χ1) is 7.29. The molecule has 0 amide bonds. The highest BCUT2D eigenvalue weighted by atomic mass is 32.2. The van der Waals surface area contributed by atoms with Crippen LogP contribution >= 0.6 is 11.8 Å². The Morgan fingerprint density at radius 1 is 1.20 bits per heavy atom. The van der Waals surface area contributed by atoms with Crippen LogP contribution in [0.3, 0.4) is 0 Å². The van der Waals surface area contributed by atoms with Crippen LogP contribution in [0.5, 0.6) is 0 Å². The van der Waals surface area contributed by atoms with Gasteiger partial charge in [0.2, 0.25) is 0 Å². The first-order valence-electron chi connectivity index (χ1n) is 6.38. The van der Waals surface area contributed by atoms with Crippen molar-refractivity contribution in [2.75, 3.05) is 18.1 Å². The number of nitrogens with two attached hydrogens (primary N) is 1. The Labute approximate surface area is 98.0 Å². The molecule has 2 N–H and O–H groups in total. The second-order valence-electron chi connectivity index (χ2n) is 5.00. The molecule has 2 nitrogen and oxygen atoms in total. The van der Waals surface area contributed by atoms with Crippen LogP contribution in [0.15, 0.2) is 0 Å². The van der Waals surface area contributed by atoms with Gasteiger partial charge in [0.05, 0.1) is 0 Å². The predicted molar refractivity (Wildman–Crippen MR) is 68.3 cm³/mol. The zero-order valence-electron chi connectivity index (χ0n) is 9.82. The molecule has 2 saturated heterocycles. The van der Waals surface area contributed by atoms with E-state index in [0.717, 1.165) is 6.04 Å². The molecule has 2 unspecified atom stereocenters. The van der Waals surface area contributed by atoms with Crippen molar-refractivity contribution in [1.29, 1.82) is 0 Å². The van der Waals surface area contributed by atoms with Gasteiger partial charge in [-0.05, 0) is 50.7 Å². The van der Waals surface area contributed by atoms with Gasteiger partial charge in [-0.2, -0.15) is 11.8 Å². The molecule has 2 atom stereocenters. The smallest absolute Gasteiger partial charge is 0.0247 e. The van der Waals surface area contributed by atoms with Gasteiger partial charge in [0.1, 0.15) is 0 Å². The summed E-state index contributed by atoms with van der Waals surface area (Å²) in [6, 6.07) is 1.84. The lowest BCUT2D eigenvalue weighted by Crippen LogP contribution is -2.54. The Morgan fingerprint density at radius 3 is 2.60 bits per heavy atom. The summed E-state index contributed by atoms with van der Waals surface area (Å²) in [5, 5.41) is 0. The van der Waals surface area contributed by atoms with Gasteiger partial charge in [-0.1, -0.05) is 6.42 Å². The zero-order chi connectivity index (χ0) is 10.7. The van der Waals surface area contributed by atoms with Crippen molar-refractivity contribution in [3.8, 4) is 0 Å². The molecule has 0 bridgehead atoms. The molecule has 3 heteroatoms. The zero-order valence-corrected chi connectivity index (χ0v) is 10.6. The van der Waals surface area contributed by atoms with E-state index >= 15 is 0 Å². The Morgan fingerprint density at radius 2 is 1.93 bits per heavy atom. The number of rotatable bonds is 2. The maximum absolute atomic E-state index is 6.12. The number of likely N-dealkylation sites (tertiary alicyclic amines) is 1. The van der Waals surface area contributed by atoms with Crippen molar-refractivity contribution < 1.29 is 0 Å². The molecular weight excluding hydrogens is 204 g/mol. The minimum Gasteiger partial charge on any atom is -0.327 e. The Bertz CT molecular complexity index is 190. The fraction of sp³-hybridized carbons (Fsp3) is 1.00. The third kappa shape index (κ3) is 2.89. The van der Waals surface area contributed by atoms with Crippen molar-refractivity contribution in [1.82, 2.24) is 4.90 Å². The Balaban J connectivity index is 1.96. The SMILES string of the molecule is CC(N)C1CCCCN1C1CCSCC1. The van der Waals surface area contributed by atoms with Gasteiger partial charge in [-0.3, -0.25) is 4.90 Å². The number of hydrogen-bond donors (Lipinski definition) is 1. The molecule has 0 aliphatic carbocycles. The lowest BCUT2D eigenvalue weighted by atomic mass is 9.93. The molecule has 0 aromatic heterocycles. The molecule has 15 heavy (non-hydrogen) atoms. The Kier molecular flexibility index (Phi) is 4.35. The second kappa shape index (κ2) is 5.55. The maximum Gasteiger partial charge on any atom is 0.0247 e. The molecule has 0 spiro atoms. The summed E-state index contributed by atoms with van der Waals surface area (Å²) in [6.07, 6.45) is 6.85. The number of hydrogen-bond acceptors (Lipinski definition) is 3. The van der Waals surface area contributed by atoms with Crippen molar-refractivity contribution in [3.63, 3.8) is 0 Å². The fourth-order valence-electron chi connectivity index (χ4n) is 3.01. The first-order valence-corrected chi connectivity index (χ1v) is 7.53. The second-order valence-corrected chi connectivity index (χ2v) is 6.23. The summed E-state index contributed by atoms with van der Waals surface area (Å²) in [5.41, 5.74) is 6.12. The van der Waals surface area contributed by atoms with Crippen LogP contribution in [-0.4, -0.2) is 41.1 Å². The topological polar surface area (TPSA) is 29.3 Å². The van der Waals surface area contributed by atoms with Crippen LogP contribution in [0.25, 0.3) is 0 Å². The standard InChI is InChI=1S/C12H24N2S/c1-10(13)12-4-2-3-7-14(12)11-5-8-15-9-6-11/h10-12H,2-9,13H2,1H3. The lowest BCUT2D eigenvalue weighted by molar-refractivity contribution is 0.0765. The van der Waals surface area contributed by atoms with E-state index in [-0.39, 0.29) is 0 Å². The molecule has 2 fully saturated rings. The van der Waals surface area contributed by atoms with Crippen LogP contribution in [0.2, 0.25) is 0 Å². The maximum atomic E-state index is 6.12. The summed E-state index contributed by atoms with van der Waals surface area (Å²) in [7, 11) is 0. The third-order valence-corrected chi connectivity index (χ3v) is 4.91. The van der Waals surface area contributed by atoms with E-state index in [4.69, 9.17) is 5.73 Å². The quantitative estimate of drug-likeness (QED) is 0.784. The molecular formula is C12H24N2S. The average Bonchev–Trinajstić information content (AvgIpc) is 2.30. The molecule has 0 saturated carbocycles. The van der Waals surface area contributed by atoms with E-state index in [2.05, 4.69) is 23.6 Å². The van der Waals surface area contributed by atoms with Crippen molar-refractivity contribution in [3.05, 3.63) is 0 Å². The van der Waals surface area contributed by atoms with Gasteiger partial charge < -0.3 is 5.73 Å². The summed E-state index contributed by atoms with van der Waals surface area (Å²) >= 11 is 2.11. The number of nitrogens with zero attached hydrogens (tertiary/aromatic N) is 1. The highest BCUT2D eigenvalue weighted by molar-refractivity contribution is 7.99. The van der Waals surface area contributed by atoms with E-state index in [0.29, 0.717) is 12.1 Å². The van der Waals surface area contributed by atoms with Gasteiger partial charge in [0.25, 0.3) is 0 Å². The van der Waals surface area contributed by atoms with E-state index in [9.17, 15) is 0 Å². The molecule has 88 valence electrons. The van der Waals surface area contributed by atoms with Crippen molar-refractivity contribution >= 4 is 11.8 Å². The van der Waals surface area contributed by atoms with Crippen LogP contribution in [0.1, 0.15) is 39.0 Å². The third-order valence-electron chi connectivity index (χ3n) is 3.86. The van der Waals surface area contributed by atoms with Crippen LogP contribution in [0.4, 0.5) is 0 Å². The molecule has 2 aliphatic rings. The predicted octanol–water partition coefficient (Wildman–Crippen LogP) is 2.08. The summed E-state index contributed by atoms with van der Waals surface area (Å²) < 4.78 is 0. The normalized spacial score (nSPS) is 32.8. The van der Waals surface area contributed by atoms with Gasteiger partial charge in [-0.25, -0.2) is 0 Å². The molecule has 0 aromatic carbocycles. The summed E-state index contributed by atoms with van der Waals surface area (Å²) in [4.78, 5) is 2.73. The van der Waals surface area contributed by atoms with E-state index in [1.54, 1.807) is 0 Å². The van der Waals surface area contributed by atoms with Gasteiger partial charge in [0, 0.05) is 18.1 Å². The van der Waals surface area contributed by atoms with Gasteiger partial charge in [-0.15, -0.1) is 0 Å². The fourth-order valence-corrected chi connectivity index (χ4v) is 4.10. The van der Waals surface area contributed by atoms with Gasteiger partial charge in [0.15, 0.2) is 0 Å². The molecule has 0 radical (unpaired) electrons. The lowest BCUT2D eigenvalue weighted by Gasteiger charge is -2.44. The number of thioether (sulfide) groups is 1. The molecule has 0 aromatic rings. The van der Waals surface area contributed by atoms with Crippen LogP contribution < -0.4 is 5.73 Å². The van der Waals surface area contributed by atoms with Gasteiger partial charge >= 0.3 is 0 Å². The molecule has 2 aliphatic heterocycles. The van der Waals surface area contributed by atoms with E-state index in [1.165, 1.54) is 50.2 Å².